The van der Waals surface area contributed by atoms with Crippen molar-refractivity contribution in [1.29, 1.82) is 0 Å². The molecule has 0 bridgehead atoms. The minimum absolute atomic E-state index is 0. The molecule has 1 aliphatic rings. The zero-order valence-corrected chi connectivity index (χ0v) is 47.8. The van der Waals surface area contributed by atoms with Crippen molar-refractivity contribution in [3.8, 4) is 84.5 Å². The van der Waals surface area contributed by atoms with Crippen LogP contribution in [0.3, 0.4) is 0 Å². The molecule has 78 heavy (non-hydrogen) atoms. The van der Waals surface area contributed by atoms with Crippen LogP contribution in [0.4, 0.5) is 0 Å². The largest absolute Gasteiger partial charge is 0.510 e. The van der Waals surface area contributed by atoms with Crippen LogP contribution in [0, 0.1) is 18.5 Å². The van der Waals surface area contributed by atoms with E-state index in [4.69, 9.17) is 9.72 Å². The van der Waals surface area contributed by atoms with Crippen molar-refractivity contribution in [1.82, 2.24) is 14.1 Å². The first-order valence-corrected chi connectivity index (χ1v) is 26.8. The van der Waals surface area contributed by atoms with Crippen LogP contribution in [0.5, 0.6) is 11.5 Å². The summed E-state index contributed by atoms with van der Waals surface area (Å²) < 4.78 is 13.6. The van der Waals surface area contributed by atoms with Gasteiger partial charge in [0.15, 0.2) is 0 Å². The van der Waals surface area contributed by atoms with Crippen LogP contribution in [-0.2, 0) is 37.3 Å². The van der Waals surface area contributed by atoms with Crippen molar-refractivity contribution in [3.63, 3.8) is 0 Å². The molecular formula is C72H60N4OPt-2. The molecule has 0 saturated heterocycles. The first-order chi connectivity index (χ1) is 37.1. The van der Waals surface area contributed by atoms with Crippen molar-refractivity contribution in [2.45, 2.75) is 78.6 Å². The Bertz CT molecular complexity index is 4270. The van der Waals surface area contributed by atoms with E-state index in [0.717, 1.165) is 72.6 Å². The van der Waals surface area contributed by atoms with Gasteiger partial charge in [0.25, 0.3) is 6.33 Å². The van der Waals surface area contributed by atoms with E-state index in [0.29, 0.717) is 11.5 Å². The molecule has 0 saturated carbocycles. The number of fused-ring (bicyclic) bond motifs is 8. The van der Waals surface area contributed by atoms with Gasteiger partial charge in [0.05, 0.1) is 16.7 Å². The van der Waals surface area contributed by atoms with Gasteiger partial charge in [-0.3, -0.25) is 4.57 Å². The van der Waals surface area contributed by atoms with Crippen LogP contribution in [0.25, 0.3) is 106 Å². The van der Waals surface area contributed by atoms with E-state index in [1.807, 2.05) is 24.4 Å². The molecule has 12 aromatic rings. The molecular weight excluding hydrogens is 1130 g/mol. The van der Waals surface area contributed by atoms with Crippen molar-refractivity contribution >= 4 is 32.7 Å². The number of hydrogen-bond acceptors (Lipinski definition) is 2. The number of imidazole rings is 1. The van der Waals surface area contributed by atoms with E-state index in [2.05, 4.69) is 270 Å². The molecule has 0 unspecified atom stereocenters. The molecule has 0 N–H and O–H groups in total. The van der Waals surface area contributed by atoms with Crippen LogP contribution in [0.1, 0.15) is 79.0 Å². The molecule has 13 rings (SSSR count). The van der Waals surface area contributed by atoms with Crippen LogP contribution < -0.4 is 9.30 Å². The number of hydrogen-bond donors (Lipinski definition) is 0. The van der Waals surface area contributed by atoms with E-state index in [1.165, 1.54) is 49.7 Å². The molecule has 0 radical (unpaired) electrons. The van der Waals surface area contributed by atoms with Gasteiger partial charge in [-0.2, -0.15) is 18.2 Å². The van der Waals surface area contributed by atoms with Gasteiger partial charge in [-0.05, 0) is 106 Å². The molecule has 0 aliphatic heterocycles. The smallest absolute Gasteiger partial charge is 0.268 e. The van der Waals surface area contributed by atoms with Crippen molar-refractivity contribution in [2.75, 3.05) is 0 Å². The normalized spacial score (nSPS) is 12.3. The third kappa shape index (κ3) is 8.70. The number of pyridine rings is 1. The molecule has 0 spiro atoms. The molecule has 0 amide bonds. The van der Waals surface area contributed by atoms with E-state index < -0.39 is 0 Å². The summed E-state index contributed by atoms with van der Waals surface area (Å²) in [6, 6.07) is 77.4. The molecule has 0 fully saturated rings. The van der Waals surface area contributed by atoms with E-state index >= 15 is 0 Å². The summed E-state index contributed by atoms with van der Waals surface area (Å²) in [6.07, 6.45) is 5.81. The summed E-state index contributed by atoms with van der Waals surface area (Å²) in [5.41, 5.74) is 19.9. The SMILES string of the molecule is CC(C)(C)c1cc(-c2cccc(-c3ccccc3)c2-[n+]2[c-]n(-c3[c-]c(Oc4[c-]c5c(cc4)c4c(n5-c5cc(C(C)(C)C)ccn5)-c5ccccc5-c5cccc6cccc-4c56)ccc3)c3ccccc32)cc(C(C)(C)C)c1.[Pt]. The number of nitrogens with zero attached hydrogens (tertiary/aromatic N) is 4. The van der Waals surface area contributed by atoms with Crippen LogP contribution in [0.2, 0.25) is 0 Å². The van der Waals surface area contributed by atoms with Crippen molar-refractivity contribution in [2.24, 2.45) is 0 Å². The summed E-state index contributed by atoms with van der Waals surface area (Å²) in [7, 11) is 0. The van der Waals surface area contributed by atoms with Crippen LogP contribution >= 0.6 is 0 Å². The fraction of sp³-hybridized carbons (Fsp3) is 0.167. The minimum Gasteiger partial charge on any atom is -0.510 e. The Kier molecular flexibility index (Phi) is 12.4. The maximum Gasteiger partial charge on any atom is 0.268 e. The Morgan fingerprint density at radius 1 is 0.487 bits per heavy atom. The number of para-hydroxylation sites is 3. The Morgan fingerprint density at radius 3 is 1.82 bits per heavy atom. The van der Waals surface area contributed by atoms with E-state index in [1.54, 1.807) is 0 Å². The van der Waals surface area contributed by atoms with Gasteiger partial charge in [-0.15, -0.1) is 29.7 Å². The predicted octanol–water partition coefficient (Wildman–Crippen LogP) is 18.1. The summed E-state index contributed by atoms with van der Waals surface area (Å²) >= 11 is 0. The third-order valence-corrected chi connectivity index (χ3v) is 15.4. The second kappa shape index (κ2) is 19.1. The first-order valence-electron chi connectivity index (χ1n) is 26.8. The number of ether oxygens (including phenoxy) is 1. The number of aromatic nitrogens is 4. The molecule has 5 nitrogen and oxygen atoms in total. The van der Waals surface area contributed by atoms with Gasteiger partial charge >= 0.3 is 0 Å². The Morgan fingerprint density at radius 2 is 1.09 bits per heavy atom. The van der Waals surface area contributed by atoms with Crippen LogP contribution in [0.15, 0.2) is 200 Å². The quantitative estimate of drug-likeness (QED) is 0.118. The first kappa shape index (κ1) is 50.7. The molecule has 3 heterocycles. The van der Waals surface area contributed by atoms with E-state index in [9.17, 15) is 0 Å². The summed E-state index contributed by atoms with van der Waals surface area (Å²) in [4.78, 5) is 5.12. The molecule has 0 atom stereocenters. The van der Waals surface area contributed by atoms with Gasteiger partial charge < -0.3 is 13.9 Å². The molecule has 1 aliphatic carbocycles. The Labute approximate surface area is 472 Å². The van der Waals surface area contributed by atoms with E-state index in [-0.39, 0.29) is 37.3 Å². The van der Waals surface area contributed by atoms with Crippen molar-refractivity contribution < 1.29 is 30.4 Å². The Balaban J connectivity index is 0.00000609. The fourth-order valence-electron chi connectivity index (χ4n) is 11.4. The second-order valence-electron chi connectivity index (χ2n) is 23.7. The number of rotatable bonds is 7. The minimum atomic E-state index is -0.0975. The van der Waals surface area contributed by atoms with Crippen LogP contribution in [-0.4, -0.2) is 14.1 Å². The van der Waals surface area contributed by atoms with Gasteiger partial charge in [-0.1, -0.05) is 219 Å². The topological polar surface area (TPSA) is 35.9 Å². The number of benzene rings is 9. The average Bonchev–Trinajstić information content (AvgIpc) is 4.12. The van der Waals surface area contributed by atoms with Gasteiger partial charge in [0.1, 0.15) is 5.82 Å². The molecule has 9 aromatic carbocycles. The fourth-order valence-corrected chi connectivity index (χ4v) is 11.4. The second-order valence-corrected chi connectivity index (χ2v) is 23.7. The Hall–Kier alpha value is -8.11. The zero-order valence-electron chi connectivity index (χ0n) is 45.6. The monoisotopic (exact) mass is 1190 g/mol. The standard InChI is InChI=1S/C72H60N4O.Pt/c1-70(2,3)49-37-38-73-65(42-49)76-64-44-54(35-36-60(64)67-61-32-18-24-47-23-17-31-58(66(47)61)57-27-13-14-28-59(57)69(67)76)77-53-26-19-25-52(43-53)74-45-75(63-34-16-15-33-62(63)74)68-55(46-21-11-10-12-22-46)29-20-30-56(68)48-39-50(71(4,5)6)41-51(40-48)72(7,8)9;/h10-42H,1-9H3;/q-2;. The maximum absolute atomic E-state index is 6.91. The van der Waals surface area contributed by atoms with Gasteiger partial charge in [-0.25, -0.2) is 4.98 Å². The molecule has 6 heteroatoms. The molecule has 386 valence electrons. The predicted molar refractivity (Wildman–Crippen MR) is 317 cm³/mol. The zero-order chi connectivity index (χ0) is 53.0. The summed E-state index contributed by atoms with van der Waals surface area (Å²) in [5, 5.41) is 3.51. The van der Waals surface area contributed by atoms with Crippen molar-refractivity contribution in [3.05, 3.63) is 235 Å². The summed E-state index contributed by atoms with van der Waals surface area (Å²) in [6.45, 7) is 20.6. The summed E-state index contributed by atoms with van der Waals surface area (Å²) in [5.74, 6) is 1.96. The van der Waals surface area contributed by atoms with Gasteiger partial charge in [0, 0.05) is 50.0 Å². The molecule has 3 aromatic heterocycles. The van der Waals surface area contributed by atoms with Gasteiger partial charge in [0.2, 0.25) is 0 Å². The average molecular weight is 1190 g/mol. The maximum atomic E-state index is 6.91. The third-order valence-electron chi connectivity index (χ3n) is 15.4.